The molecule has 7 heteroatoms. The number of rotatable bonds is 7. The van der Waals surface area contributed by atoms with Crippen LogP contribution < -0.4 is 10.5 Å². The van der Waals surface area contributed by atoms with Crippen molar-refractivity contribution in [2.75, 3.05) is 0 Å². The van der Waals surface area contributed by atoms with Crippen molar-refractivity contribution >= 4 is 0 Å². The Morgan fingerprint density at radius 2 is 1.90 bits per heavy atom. The van der Waals surface area contributed by atoms with Gasteiger partial charge in [0, 0.05) is 0 Å². The van der Waals surface area contributed by atoms with Crippen molar-refractivity contribution in [1.29, 1.82) is 0 Å². The zero-order valence-electron chi connectivity index (χ0n) is 11.8. The van der Waals surface area contributed by atoms with Crippen molar-refractivity contribution in [1.82, 2.24) is 0 Å². The predicted octanol–water partition coefficient (Wildman–Crippen LogP) is 3.33. The first-order chi connectivity index (χ1) is 9.63. The Morgan fingerprint density at radius 3 is 2.43 bits per heavy atom. The van der Waals surface area contributed by atoms with Gasteiger partial charge in [-0.15, -0.1) is 0 Å². The van der Waals surface area contributed by atoms with Gasteiger partial charge in [-0.25, -0.2) is 0 Å². The normalized spacial score (nSPS) is 15.3. The first kappa shape index (κ1) is 17.7. The smallest absolute Gasteiger partial charge is 0.428 e. The third-order valence-electron chi connectivity index (χ3n) is 2.88. The number of nitrogens with two attached hydrogens (primary N) is 1. The molecule has 0 amide bonds. The molecule has 0 aliphatic heterocycles. The Kier molecular flexibility index (Phi) is 5.98. The van der Waals surface area contributed by atoms with Crippen LogP contribution in [0.1, 0.15) is 31.9 Å². The number of hydrogen-bond acceptors (Lipinski definition) is 3. The van der Waals surface area contributed by atoms with Gasteiger partial charge in [0.2, 0.25) is 0 Å². The molecule has 0 aromatic heterocycles. The van der Waals surface area contributed by atoms with Crippen LogP contribution in [-0.4, -0.2) is 23.7 Å². The average Bonchev–Trinajstić information content (AvgIpc) is 2.36. The molecule has 21 heavy (non-hydrogen) atoms. The van der Waals surface area contributed by atoms with Crippen LogP contribution >= 0.6 is 0 Å². The van der Waals surface area contributed by atoms with Crippen LogP contribution in [-0.2, 0) is 0 Å². The van der Waals surface area contributed by atoms with Gasteiger partial charge in [-0.1, -0.05) is 26.0 Å². The van der Waals surface area contributed by atoms with E-state index < -0.39 is 30.4 Å². The van der Waals surface area contributed by atoms with E-state index in [0.29, 0.717) is 12.0 Å². The summed E-state index contributed by atoms with van der Waals surface area (Å²) >= 11 is 0. The van der Waals surface area contributed by atoms with Gasteiger partial charge in [0.05, 0.1) is 12.1 Å². The van der Waals surface area contributed by atoms with E-state index in [-0.39, 0.29) is 5.92 Å². The van der Waals surface area contributed by atoms with Gasteiger partial charge in [-0.05, 0) is 30.0 Å². The summed E-state index contributed by atoms with van der Waals surface area (Å²) in [6, 6.07) is 4.32. The average molecular weight is 309 g/mol. The number of aliphatic hydroxyl groups is 1. The Labute approximate surface area is 120 Å². The third kappa shape index (κ3) is 5.17. The van der Waals surface area contributed by atoms with Crippen molar-refractivity contribution in [3.05, 3.63) is 29.8 Å². The van der Waals surface area contributed by atoms with Crippen LogP contribution in [0, 0.1) is 5.92 Å². The Bertz CT molecular complexity index is 454. The van der Waals surface area contributed by atoms with Crippen molar-refractivity contribution < 1.29 is 27.4 Å². The molecule has 3 nitrogen and oxygen atoms in total. The summed E-state index contributed by atoms with van der Waals surface area (Å²) in [6.07, 6.45) is -8.93. The van der Waals surface area contributed by atoms with Gasteiger partial charge in [0.25, 0.3) is 0 Å². The molecule has 0 unspecified atom stereocenters. The minimum absolute atomic E-state index is 0.202. The fourth-order valence-corrected chi connectivity index (χ4v) is 1.84. The minimum Gasteiger partial charge on any atom is -0.428 e. The first-order valence-electron chi connectivity index (χ1n) is 6.52. The molecule has 0 aliphatic rings. The lowest BCUT2D eigenvalue weighted by Gasteiger charge is -2.22. The van der Waals surface area contributed by atoms with Crippen LogP contribution in [0.15, 0.2) is 24.3 Å². The highest BCUT2D eigenvalue weighted by atomic mass is 19.3. The molecule has 1 rings (SSSR count). The van der Waals surface area contributed by atoms with Gasteiger partial charge in [-0.2, -0.15) is 17.6 Å². The molecular weight excluding hydrogens is 290 g/mol. The first-order valence-corrected chi connectivity index (χ1v) is 6.52. The summed E-state index contributed by atoms with van der Waals surface area (Å²) < 4.78 is 53.9. The summed E-state index contributed by atoms with van der Waals surface area (Å²) in [5, 5.41) is 9.92. The van der Waals surface area contributed by atoms with Crippen molar-refractivity contribution in [3.8, 4) is 5.75 Å². The minimum atomic E-state index is -4.57. The lowest BCUT2D eigenvalue weighted by Crippen LogP contribution is -2.33. The highest BCUT2D eigenvalue weighted by Gasteiger charge is 2.44. The molecule has 0 saturated heterocycles. The Hall–Kier alpha value is -1.34. The predicted molar refractivity (Wildman–Crippen MR) is 70.4 cm³/mol. The van der Waals surface area contributed by atoms with Gasteiger partial charge in [0.1, 0.15) is 5.75 Å². The largest absolute Gasteiger partial charge is 0.461 e. The molecule has 0 aliphatic carbocycles. The molecular formula is C14H19F4NO2. The molecule has 0 fully saturated rings. The fourth-order valence-electron chi connectivity index (χ4n) is 1.84. The lowest BCUT2D eigenvalue weighted by molar-refractivity contribution is -0.253. The molecule has 120 valence electrons. The van der Waals surface area contributed by atoms with E-state index >= 15 is 0 Å². The van der Waals surface area contributed by atoms with E-state index in [4.69, 9.17) is 5.73 Å². The van der Waals surface area contributed by atoms with Crippen LogP contribution in [0.4, 0.5) is 17.6 Å². The van der Waals surface area contributed by atoms with Crippen LogP contribution in [0.25, 0.3) is 0 Å². The van der Waals surface area contributed by atoms with Crippen molar-refractivity contribution in [2.45, 2.75) is 44.9 Å². The summed E-state index contributed by atoms with van der Waals surface area (Å²) in [5.74, 6) is -0.223. The number of hydrogen-bond donors (Lipinski definition) is 2. The number of aliphatic hydroxyl groups excluding tert-OH is 1. The highest BCUT2D eigenvalue weighted by Crippen LogP contribution is 2.29. The summed E-state index contributed by atoms with van der Waals surface area (Å²) in [7, 11) is 0. The topological polar surface area (TPSA) is 55.5 Å². The van der Waals surface area contributed by atoms with Gasteiger partial charge in [0.15, 0.2) is 0 Å². The Balaban J connectivity index is 2.85. The van der Waals surface area contributed by atoms with E-state index in [1.165, 1.54) is 12.1 Å². The second-order valence-corrected chi connectivity index (χ2v) is 5.26. The number of alkyl halides is 4. The fraction of sp³-hybridized carbons (Fsp3) is 0.571. The van der Waals surface area contributed by atoms with Crippen LogP contribution in [0.3, 0.4) is 0 Å². The van der Waals surface area contributed by atoms with Crippen LogP contribution in [0.2, 0.25) is 0 Å². The van der Waals surface area contributed by atoms with Gasteiger partial charge in [-0.3, -0.25) is 0 Å². The maximum atomic E-state index is 12.8. The second-order valence-electron chi connectivity index (χ2n) is 5.26. The Morgan fingerprint density at radius 1 is 1.29 bits per heavy atom. The zero-order valence-corrected chi connectivity index (χ0v) is 11.8. The van der Waals surface area contributed by atoms with Crippen molar-refractivity contribution in [3.63, 3.8) is 0 Å². The molecule has 1 aromatic rings. The van der Waals surface area contributed by atoms with E-state index in [1.54, 1.807) is 0 Å². The molecule has 0 saturated carbocycles. The maximum Gasteiger partial charge on any atom is 0.461 e. The number of ether oxygens (including phenoxy) is 1. The molecule has 0 spiro atoms. The molecule has 2 atom stereocenters. The molecule has 0 bridgehead atoms. The quantitative estimate of drug-likeness (QED) is 0.760. The lowest BCUT2D eigenvalue weighted by atomic mass is 9.95. The number of halogens is 4. The van der Waals surface area contributed by atoms with Gasteiger partial charge < -0.3 is 15.6 Å². The number of benzene rings is 1. The standard InChI is InChI=1S/C14H19F4NO2/c1-8(2)6-11(20)12(19)9-4-3-5-10(7-9)21-14(17,18)13(15)16/h3-5,7-8,11-13,20H,6,19H2,1-2H3/t11-,12+/m1/s1. The molecule has 3 N–H and O–H groups in total. The summed E-state index contributed by atoms with van der Waals surface area (Å²) in [4.78, 5) is 0. The molecule has 0 radical (unpaired) electrons. The molecule has 0 heterocycles. The van der Waals surface area contributed by atoms with Crippen molar-refractivity contribution in [2.24, 2.45) is 11.7 Å². The van der Waals surface area contributed by atoms with Gasteiger partial charge >= 0.3 is 12.5 Å². The van der Waals surface area contributed by atoms with E-state index in [1.807, 2.05) is 13.8 Å². The monoisotopic (exact) mass is 309 g/mol. The third-order valence-corrected chi connectivity index (χ3v) is 2.88. The summed E-state index contributed by atoms with van der Waals surface area (Å²) in [5.41, 5.74) is 6.18. The maximum absolute atomic E-state index is 12.8. The second kappa shape index (κ2) is 7.09. The SMILES string of the molecule is CC(C)C[C@@H](O)[C@@H](N)c1cccc(OC(F)(F)C(F)F)c1. The van der Waals surface area contributed by atoms with Crippen LogP contribution in [0.5, 0.6) is 5.75 Å². The van der Waals surface area contributed by atoms with E-state index in [9.17, 15) is 22.7 Å². The highest BCUT2D eigenvalue weighted by molar-refractivity contribution is 5.31. The molecule has 1 aromatic carbocycles. The van der Waals surface area contributed by atoms with E-state index in [0.717, 1.165) is 12.1 Å². The van der Waals surface area contributed by atoms with E-state index in [2.05, 4.69) is 4.74 Å². The zero-order chi connectivity index (χ0) is 16.2. The summed E-state index contributed by atoms with van der Waals surface area (Å²) in [6.45, 7) is 3.80.